The molecule has 0 saturated carbocycles. The minimum absolute atomic E-state index is 0.164. The molecule has 2 rings (SSSR count). The van der Waals surface area contributed by atoms with Gasteiger partial charge in [0.05, 0.1) is 0 Å². The van der Waals surface area contributed by atoms with Crippen molar-refractivity contribution in [2.45, 2.75) is 12.3 Å². The second-order valence-electron chi connectivity index (χ2n) is 3.67. The summed E-state index contributed by atoms with van der Waals surface area (Å²) in [6.45, 7) is 0. The first kappa shape index (κ1) is 12.4. The molecule has 2 aromatic carbocycles. The van der Waals surface area contributed by atoms with Crippen LogP contribution in [0.3, 0.4) is 0 Å². The number of alkyl halides is 3. The van der Waals surface area contributed by atoms with E-state index >= 15 is 0 Å². The van der Waals surface area contributed by atoms with Crippen molar-refractivity contribution in [2.24, 2.45) is 0 Å². The fraction of sp³-hybridized carbons (Fsp3) is 0.167. The van der Waals surface area contributed by atoms with Gasteiger partial charge in [0.15, 0.2) is 6.10 Å². The van der Waals surface area contributed by atoms with Gasteiger partial charge in [-0.25, -0.2) is 0 Å². The van der Waals surface area contributed by atoms with Gasteiger partial charge in [0.25, 0.3) is 0 Å². The molecule has 0 aromatic heterocycles. The second kappa shape index (κ2) is 4.31. The standard InChI is InChI=1S/C12H8BrF3O/c13-10-6-8(11(17)12(14,15)16)5-7-3-1-2-4-9(7)10/h1-6,11,17H. The first-order valence-electron chi connectivity index (χ1n) is 4.82. The van der Waals surface area contributed by atoms with Crippen LogP contribution in [-0.4, -0.2) is 11.3 Å². The molecule has 0 spiro atoms. The van der Waals surface area contributed by atoms with E-state index in [0.29, 0.717) is 9.86 Å². The fourth-order valence-electron chi connectivity index (χ4n) is 1.63. The van der Waals surface area contributed by atoms with E-state index in [1.807, 2.05) is 0 Å². The molecule has 0 fully saturated rings. The molecule has 0 aliphatic carbocycles. The van der Waals surface area contributed by atoms with Crippen molar-refractivity contribution < 1.29 is 18.3 Å². The number of fused-ring (bicyclic) bond motifs is 1. The maximum atomic E-state index is 12.4. The highest BCUT2D eigenvalue weighted by Gasteiger charge is 2.39. The first-order chi connectivity index (χ1) is 7.89. The Labute approximate surface area is 104 Å². The van der Waals surface area contributed by atoms with E-state index in [2.05, 4.69) is 15.9 Å². The molecule has 0 saturated heterocycles. The summed E-state index contributed by atoms with van der Waals surface area (Å²) in [7, 11) is 0. The molecule has 5 heteroatoms. The summed E-state index contributed by atoms with van der Waals surface area (Å²) < 4.78 is 37.7. The summed E-state index contributed by atoms with van der Waals surface area (Å²) in [4.78, 5) is 0. The van der Waals surface area contributed by atoms with E-state index in [1.165, 1.54) is 12.1 Å². The molecule has 1 N–H and O–H groups in total. The molecular weight excluding hydrogens is 297 g/mol. The fourth-order valence-corrected chi connectivity index (χ4v) is 2.26. The zero-order chi connectivity index (χ0) is 12.6. The summed E-state index contributed by atoms with van der Waals surface area (Å²) in [5.74, 6) is 0. The molecule has 0 aliphatic rings. The third kappa shape index (κ3) is 2.45. The van der Waals surface area contributed by atoms with E-state index < -0.39 is 12.3 Å². The van der Waals surface area contributed by atoms with Crippen LogP contribution < -0.4 is 0 Å². The Morgan fingerprint density at radius 3 is 2.41 bits per heavy atom. The smallest absolute Gasteiger partial charge is 0.379 e. The van der Waals surface area contributed by atoms with Crippen molar-refractivity contribution in [3.63, 3.8) is 0 Å². The third-order valence-electron chi connectivity index (χ3n) is 2.46. The van der Waals surface area contributed by atoms with Crippen LogP contribution in [0.4, 0.5) is 13.2 Å². The number of halogens is 4. The van der Waals surface area contributed by atoms with Gasteiger partial charge >= 0.3 is 6.18 Å². The van der Waals surface area contributed by atoms with Gasteiger partial charge in [-0.05, 0) is 28.5 Å². The average Bonchev–Trinajstić information content (AvgIpc) is 2.27. The van der Waals surface area contributed by atoms with Gasteiger partial charge in [-0.15, -0.1) is 0 Å². The molecule has 17 heavy (non-hydrogen) atoms. The lowest BCUT2D eigenvalue weighted by atomic mass is 10.0. The van der Waals surface area contributed by atoms with Crippen molar-refractivity contribution in [1.29, 1.82) is 0 Å². The van der Waals surface area contributed by atoms with Gasteiger partial charge in [-0.3, -0.25) is 0 Å². The highest BCUT2D eigenvalue weighted by atomic mass is 79.9. The predicted octanol–water partition coefficient (Wildman–Crippen LogP) is 4.20. The van der Waals surface area contributed by atoms with Crippen LogP contribution in [0.1, 0.15) is 11.7 Å². The SMILES string of the molecule is OC(c1cc(Br)c2ccccc2c1)C(F)(F)F. The van der Waals surface area contributed by atoms with Crippen molar-refractivity contribution >= 4 is 26.7 Å². The largest absolute Gasteiger partial charge is 0.418 e. The molecule has 1 atom stereocenters. The van der Waals surface area contributed by atoms with Gasteiger partial charge < -0.3 is 5.11 Å². The zero-order valence-corrected chi connectivity index (χ0v) is 10.1. The summed E-state index contributed by atoms with van der Waals surface area (Å²) in [6, 6.07) is 9.67. The summed E-state index contributed by atoms with van der Waals surface area (Å²) >= 11 is 3.20. The number of rotatable bonds is 1. The van der Waals surface area contributed by atoms with Crippen LogP contribution in [0.5, 0.6) is 0 Å². The lowest BCUT2D eigenvalue weighted by molar-refractivity contribution is -0.206. The summed E-state index contributed by atoms with van der Waals surface area (Å²) in [5, 5.41) is 10.7. The molecule has 0 heterocycles. The molecule has 0 amide bonds. The topological polar surface area (TPSA) is 20.2 Å². The Balaban J connectivity index is 2.58. The molecule has 0 radical (unpaired) electrons. The van der Waals surface area contributed by atoms with E-state index in [1.54, 1.807) is 24.3 Å². The van der Waals surface area contributed by atoms with Gasteiger partial charge in [-0.2, -0.15) is 13.2 Å². The van der Waals surface area contributed by atoms with Crippen LogP contribution in [0.25, 0.3) is 10.8 Å². The highest BCUT2D eigenvalue weighted by Crippen LogP contribution is 2.36. The number of aliphatic hydroxyl groups excluding tert-OH is 1. The van der Waals surface area contributed by atoms with E-state index in [4.69, 9.17) is 0 Å². The van der Waals surface area contributed by atoms with Crippen LogP contribution >= 0.6 is 15.9 Å². The second-order valence-corrected chi connectivity index (χ2v) is 4.52. The van der Waals surface area contributed by atoms with E-state index in [0.717, 1.165) is 5.39 Å². The minimum atomic E-state index is -4.65. The van der Waals surface area contributed by atoms with Gasteiger partial charge in [0, 0.05) is 4.47 Å². The van der Waals surface area contributed by atoms with Crippen molar-refractivity contribution in [3.8, 4) is 0 Å². The van der Waals surface area contributed by atoms with Gasteiger partial charge in [-0.1, -0.05) is 40.2 Å². The predicted molar refractivity (Wildman–Crippen MR) is 62.7 cm³/mol. The van der Waals surface area contributed by atoms with Crippen LogP contribution in [0.15, 0.2) is 40.9 Å². The Kier molecular flexibility index (Phi) is 3.14. The third-order valence-corrected chi connectivity index (χ3v) is 3.12. The first-order valence-corrected chi connectivity index (χ1v) is 5.62. The van der Waals surface area contributed by atoms with Crippen molar-refractivity contribution in [1.82, 2.24) is 0 Å². The Hall–Kier alpha value is -1.07. The molecule has 90 valence electrons. The molecule has 1 unspecified atom stereocenters. The number of benzene rings is 2. The lowest BCUT2D eigenvalue weighted by Gasteiger charge is -2.16. The van der Waals surface area contributed by atoms with Gasteiger partial charge in [0.1, 0.15) is 0 Å². The summed E-state index contributed by atoms with van der Waals surface area (Å²) in [5.41, 5.74) is -0.164. The Morgan fingerprint density at radius 1 is 1.12 bits per heavy atom. The number of hydrogen-bond acceptors (Lipinski definition) is 1. The van der Waals surface area contributed by atoms with Crippen LogP contribution in [-0.2, 0) is 0 Å². The summed E-state index contributed by atoms with van der Waals surface area (Å²) in [6.07, 6.45) is -7.11. The molecular formula is C12H8BrF3O. The molecule has 0 bridgehead atoms. The minimum Gasteiger partial charge on any atom is -0.379 e. The maximum Gasteiger partial charge on any atom is 0.418 e. The monoisotopic (exact) mass is 304 g/mol. The van der Waals surface area contributed by atoms with Crippen LogP contribution in [0.2, 0.25) is 0 Å². The highest BCUT2D eigenvalue weighted by molar-refractivity contribution is 9.10. The number of aliphatic hydroxyl groups is 1. The molecule has 1 nitrogen and oxygen atoms in total. The van der Waals surface area contributed by atoms with Crippen LogP contribution in [0, 0.1) is 0 Å². The van der Waals surface area contributed by atoms with E-state index in [9.17, 15) is 18.3 Å². The average molecular weight is 305 g/mol. The number of hydrogen-bond donors (Lipinski definition) is 1. The normalized spacial score (nSPS) is 13.9. The quantitative estimate of drug-likeness (QED) is 0.837. The Morgan fingerprint density at radius 2 is 1.76 bits per heavy atom. The van der Waals surface area contributed by atoms with Crippen molar-refractivity contribution in [2.75, 3.05) is 0 Å². The maximum absolute atomic E-state index is 12.4. The molecule has 0 aliphatic heterocycles. The molecule has 2 aromatic rings. The Bertz CT molecular complexity index is 551. The van der Waals surface area contributed by atoms with E-state index in [-0.39, 0.29) is 5.56 Å². The van der Waals surface area contributed by atoms with Crippen molar-refractivity contribution in [3.05, 3.63) is 46.4 Å². The lowest BCUT2D eigenvalue weighted by Crippen LogP contribution is -2.20. The van der Waals surface area contributed by atoms with Gasteiger partial charge in [0.2, 0.25) is 0 Å². The zero-order valence-electron chi connectivity index (χ0n) is 8.50.